The zero-order chi connectivity index (χ0) is 14.9. The molecule has 0 spiro atoms. The van der Waals surface area contributed by atoms with Gasteiger partial charge in [0, 0.05) is 13.3 Å². The summed E-state index contributed by atoms with van der Waals surface area (Å²) in [7, 11) is 0. The Balaban J connectivity index is 2.22. The van der Waals surface area contributed by atoms with Crippen molar-refractivity contribution in [1.29, 1.82) is 0 Å². The quantitative estimate of drug-likeness (QED) is 0.675. The van der Waals surface area contributed by atoms with Crippen molar-refractivity contribution in [2.45, 2.75) is 38.9 Å². The zero-order valence-electron chi connectivity index (χ0n) is 11.2. The van der Waals surface area contributed by atoms with Gasteiger partial charge in [-0.3, -0.25) is 9.59 Å². The highest BCUT2D eigenvalue weighted by molar-refractivity contribution is 5.90. The first-order chi connectivity index (χ1) is 9.40. The monoisotopic (exact) mass is 280 g/mol. The fourth-order valence-corrected chi connectivity index (χ4v) is 2.30. The van der Waals surface area contributed by atoms with E-state index in [9.17, 15) is 19.5 Å². The third-order valence-electron chi connectivity index (χ3n) is 3.26. The van der Waals surface area contributed by atoms with Crippen LogP contribution in [-0.2, 0) is 27.3 Å². The van der Waals surface area contributed by atoms with E-state index < -0.39 is 24.0 Å². The molecule has 2 rings (SSSR count). The number of fused-ring (bicyclic) bond motifs is 1. The highest BCUT2D eigenvalue weighted by Gasteiger charge is 2.37. The van der Waals surface area contributed by atoms with Crippen LogP contribution in [0.4, 0.5) is 0 Å². The smallest absolute Gasteiger partial charge is 0.326 e. The number of carbonyl (C=O) groups is 3. The molecule has 1 aromatic heterocycles. The standard InChI is InChI=1S/C12H16N4O4/c1-6(15-7(2)17)11(18)16-4-9-8(13-5-14-9)3-10(16)12(19)20/h5-6,10H,3-4H2,1-2H3,(H,13,14)(H,15,17)(H,19,20). The second-order valence-electron chi connectivity index (χ2n) is 4.77. The summed E-state index contributed by atoms with van der Waals surface area (Å²) < 4.78 is 0. The number of aromatic nitrogens is 2. The predicted molar refractivity (Wildman–Crippen MR) is 67.5 cm³/mol. The van der Waals surface area contributed by atoms with E-state index >= 15 is 0 Å². The average Bonchev–Trinajstić information content (AvgIpc) is 2.82. The summed E-state index contributed by atoms with van der Waals surface area (Å²) in [6.45, 7) is 2.99. The molecular weight excluding hydrogens is 264 g/mol. The number of carboxylic acid groups (broad SMARTS) is 1. The lowest BCUT2D eigenvalue weighted by Crippen LogP contribution is -2.54. The fraction of sp³-hybridized carbons (Fsp3) is 0.500. The Labute approximate surface area is 115 Å². The molecule has 20 heavy (non-hydrogen) atoms. The number of H-pyrrole nitrogens is 1. The topological polar surface area (TPSA) is 115 Å². The molecule has 1 aliphatic rings. The van der Waals surface area contributed by atoms with Crippen LogP contribution in [0.5, 0.6) is 0 Å². The van der Waals surface area contributed by atoms with E-state index in [0.29, 0.717) is 5.69 Å². The number of carbonyl (C=O) groups excluding carboxylic acids is 2. The Bertz CT molecular complexity index is 553. The minimum atomic E-state index is -1.08. The number of imidazole rings is 1. The molecule has 0 fully saturated rings. The first-order valence-electron chi connectivity index (χ1n) is 6.21. The lowest BCUT2D eigenvalue weighted by Gasteiger charge is -2.34. The van der Waals surface area contributed by atoms with Crippen LogP contribution >= 0.6 is 0 Å². The van der Waals surface area contributed by atoms with Crippen molar-refractivity contribution in [2.24, 2.45) is 0 Å². The Kier molecular flexibility index (Phi) is 3.73. The van der Waals surface area contributed by atoms with Crippen molar-refractivity contribution in [3.8, 4) is 0 Å². The molecule has 0 aromatic carbocycles. The molecule has 8 nitrogen and oxygen atoms in total. The van der Waals surface area contributed by atoms with Crippen LogP contribution in [0.1, 0.15) is 25.2 Å². The van der Waals surface area contributed by atoms with Gasteiger partial charge in [0.2, 0.25) is 11.8 Å². The van der Waals surface area contributed by atoms with Crippen molar-refractivity contribution in [3.05, 3.63) is 17.7 Å². The molecule has 0 bridgehead atoms. The molecule has 3 N–H and O–H groups in total. The van der Waals surface area contributed by atoms with Crippen LogP contribution in [0.25, 0.3) is 0 Å². The van der Waals surface area contributed by atoms with Gasteiger partial charge >= 0.3 is 5.97 Å². The fourth-order valence-electron chi connectivity index (χ4n) is 2.30. The number of aliphatic carboxylic acids is 1. The van der Waals surface area contributed by atoms with E-state index in [4.69, 9.17) is 0 Å². The third kappa shape index (κ3) is 2.63. The van der Waals surface area contributed by atoms with Crippen molar-refractivity contribution in [2.75, 3.05) is 0 Å². The number of hydrogen-bond donors (Lipinski definition) is 3. The van der Waals surface area contributed by atoms with E-state index in [1.165, 1.54) is 25.1 Å². The van der Waals surface area contributed by atoms with Gasteiger partial charge in [0.15, 0.2) is 0 Å². The molecule has 2 atom stereocenters. The molecule has 2 heterocycles. The Morgan fingerprint density at radius 3 is 2.85 bits per heavy atom. The first-order valence-corrected chi connectivity index (χ1v) is 6.21. The maximum absolute atomic E-state index is 12.3. The van der Waals surface area contributed by atoms with Crippen LogP contribution in [-0.4, -0.2) is 49.8 Å². The summed E-state index contributed by atoms with van der Waals surface area (Å²) in [5, 5.41) is 11.7. The Morgan fingerprint density at radius 1 is 1.55 bits per heavy atom. The summed E-state index contributed by atoms with van der Waals surface area (Å²) in [5.74, 6) is -1.84. The summed E-state index contributed by atoms with van der Waals surface area (Å²) in [5.41, 5.74) is 1.39. The molecule has 8 heteroatoms. The lowest BCUT2D eigenvalue weighted by molar-refractivity contribution is -0.152. The molecule has 1 aliphatic heterocycles. The Hall–Kier alpha value is -2.38. The number of amides is 2. The first kappa shape index (κ1) is 14.0. The molecule has 0 saturated heterocycles. The minimum absolute atomic E-state index is 0.148. The summed E-state index contributed by atoms with van der Waals surface area (Å²) >= 11 is 0. The van der Waals surface area contributed by atoms with E-state index in [-0.39, 0.29) is 18.9 Å². The van der Waals surface area contributed by atoms with Gasteiger partial charge in [-0.05, 0) is 6.92 Å². The molecule has 2 amide bonds. The Morgan fingerprint density at radius 2 is 2.25 bits per heavy atom. The average molecular weight is 280 g/mol. The maximum atomic E-state index is 12.3. The van der Waals surface area contributed by atoms with E-state index in [0.717, 1.165) is 5.69 Å². The normalized spacial score (nSPS) is 19.1. The number of hydrogen-bond acceptors (Lipinski definition) is 4. The van der Waals surface area contributed by atoms with Crippen LogP contribution in [0.3, 0.4) is 0 Å². The van der Waals surface area contributed by atoms with Crippen LogP contribution in [0.15, 0.2) is 6.33 Å². The largest absolute Gasteiger partial charge is 0.480 e. The van der Waals surface area contributed by atoms with Crippen LogP contribution < -0.4 is 5.32 Å². The molecule has 0 radical (unpaired) electrons. The highest BCUT2D eigenvalue weighted by Crippen LogP contribution is 2.21. The van der Waals surface area contributed by atoms with Gasteiger partial charge in [-0.15, -0.1) is 0 Å². The van der Waals surface area contributed by atoms with Crippen LogP contribution in [0.2, 0.25) is 0 Å². The number of rotatable bonds is 3. The zero-order valence-corrected chi connectivity index (χ0v) is 11.2. The van der Waals surface area contributed by atoms with Gasteiger partial charge in [0.05, 0.1) is 24.3 Å². The number of carboxylic acids is 1. The third-order valence-corrected chi connectivity index (χ3v) is 3.26. The lowest BCUT2D eigenvalue weighted by atomic mass is 10.0. The summed E-state index contributed by atoms with van der Waals surface area (Å²) in [4.78, 5) is 42.8. The van der Waals surface area contributed by atoms with Gasteiger partial charge in [0.1, 0.15) is 12.1 Å². The van der Waals surface area contributed by atoms with Crippen molar-refractivity contribution >= 4 is 17.8 Å². The molecule has 108 valence electrons. The van der Waals surface area contributed by atoms with Gasteiger partial charge in [-0.2, -0.15) is 0 Å². The second-order valence-corrected chi connectivity index (χ2v) is 4.77. The minimum Gasteiger partial charge on any atom is -0.480 e. The number of nitrogens with one attached hydrogen (secondary N) is 2. The van der Waals surface area contributed by atoms with E-state index in [1.54, 1.807) is 0 Å². The number of nitrogens with zero attached hydrogens (tertiary/aromatic N) is 2. The van der Waals surface area contributed by atoms with Gasteiger partial charge < -0.3 is 20.3 Å². The van der Waals surface area contributed by atoms with Crippen molar-refractivity contribution < 1.29 is 19.5 Å². The maximum Gasteiger partial charge on any atom is 0.326 e. The SMILES string of the molecule is CC(=O)NC(C)C(=O)N1Cc2[nH]cnc2CC1C(=O)O. The molecule has 0 aliphatic carbocycles. The number of aromatic amines is 1. The predicted octanol–water partition coefficient (Wildman–Crippen LogP) is -0.728. The molecule has 0 saturated carbocycles. The van der Waals surface area contributed by atoms with Gasteiger partial charge in [-0.25, -0.2) is 9.78 Å². The van der Waals surface area contributed by atoms with Gasteiger partial charge in [0.25, 0.3) is 0 Å². The van der Waals surface area contributed by atoms with Gasteiger partial charge in [-0.1, -0.05) is 0 Å². The summed E-state index contributed by atoms with van der Waals surface area (Å²) in [6.07, 6.45) is 1.64. The molecule has 2 unspecified atom stereocenters. The highest BCUT2D eigenvalue weighted by atomic mass is 16.4. The van der Waals surface area contributed by atoms with E-state index in [2.05, 4.69) is 15.3 Å². The second kappa shape index (κ2) is 5.32. The van der Waals surface area contributed by atoms with Crippen LogP contribution in [0, 0.1) is 0 Å². The molecular formula is C12H16N4O4. The summed E-state index contributed by atoms with van der Waals surface area (Å²) in [6, 6.07) is -1.73. The van der Waals surface area contributed by atoms with E-state index in [1.807, 2.05) is 0 Å². The van der Waals surface area contributed by atoms with Crippen molar-refractivity contribution in [3.63, 3.8) is 0 Å². The van der Waals surface area contributed by atoms with Crippen molar-refractivity contribution in [1.82, 2.24) is 20.2 Å². The molecule has 1 aromatic rings.